The Hall–Kier alpha value is 0.571. The fourth-order valence-electron chi connectivity index (χ4n) is 5.14. The molecule has 0 amide bonds. The molecule has 0 N–H and O–H groups in total. The van der Waals surface area contributed by atoms with Crippen LogP contribution in [0.3, 0.4) is 0 Å². The predicted molar refractivity (Wildman–Crippen MR) is 119 cm³/mol. The third-order valence-electron chi connectivity index (χ3n) is 6.99. The van der Waals surface area contributed by atoms with E-state index in [9.17, 15) is 0 Å². The predicted octanol–water partition coefficient (Wildman–Crippen LogP) is 6.86. The molecule has 0 aromatic carbocycles. The van der Waals surface area contributed by atoms with Gasteiger partial charge in [-0.3, -0.25) is 0 Å². The van der Waals surface area contributed by atoms with Crippen LogP contribution in [0.15, 0.2) is 0 Å². The highest BCUT2D eigenvalue weighted by molar-refractivity contribution is 6.94. The van der Waals surface area contributed by atoms with Gasteiger partial charge in [-0.05, 0) is 62.7 Å². The Kier molecular flexibility index (Phi) is 10.9. The van der Waals surface area contributed by atoms with Gasteiger partial charge in [0, 0.05) is 12.3 Å². The minimum absolute atomic E-state index is 0.704. The van der Waals surface area contributed by atoms with Gasteiger partial charge in [0.2, 0.25) is 8.32 Å². The van der Waals surface area contributed by atoms with Crippen molar-refractivity contribution in [2.24, 2.45) is 0 Å². The highest BCUT2D eigenvalue weighted by Gasteiger charge is 2.53. The summed E-state index contributed by atoms with van der Waals surface area (Å²) in [6.07, 6.45) is 1.27. The van der Waals surface area contributed by atoms with Crippen molar-refractivity contribution in [3.63, 3.8) is 0 Å². The summed E-state index contributed by atoms with van der Waals surface area (Å²) >= 11 is 0. The van der Waals surface area contributed by atoms with Crippen LogP contribution in [-0.4, -0.2) is 41.3 Å². The maximum atomic E-state index is 6.46. The summed E-state index contributed by atoms with van der Waals surface area (Å²) in [5, 5.41) is 0. The topological polar surface area (TPSA) is 12.5 Å². The zero-order chi connectivity index (χ0) is 19.0. The molecule has 2 nitrogen and oxygen atoms in total. The van der Waals surface area contributed by atoms with Gasteiger partial charge in [-0.2, -0.15) is 0 Å². The number of rotatable bonds is 13. The molecule has 0 bridgehead atoms. The van der Waals surface area contributed by atoms with E-state index in [1.807, 2.05) is 0 Å². The van der Waals surface area contributed by atoms with Crippen molar-refractivity contribution in [1.82, 2.24) is 4.23 Å². The average molecular weight is 390 g/mol. The minimum Gasteiger partial charge on any atom is -0.416 e. The van der Waals surface area contributed by atoms with E-state index in [1.165, 1.54) is 42.7 Å². The van der Waals surface area contributed by atoms with E-state index < -0.39 is 24.8 Å². The molecule has 5 heteroatoms. The Morgan fingerprint density at radius 1 is 0.667 bits per heavy atom. The summed E-state index contributed by atoms with van der Waals surface area (Å²) in [4.78, 5) is 0. The third-order valence-corrected chi connectivity index (χ3v) is 24.2. The van der Waals surface area contributed by atoms with E-state index in [0.29, 0.717) is 5.67 Å². The molecule has 0 aromatic rings. The van der Waals surface area contributed by atoms with Crippen molar-refractivity contribution in [2.45, 2.75) is 117 Å². The Balaban J connectivity index is 6.40. The van der Waals surface area contributed by atoms with Crippen molar-refractivity contribution in [3.8, 4) is 0 Å². The van der Waals surface area contributed by atoms with Crippen LogP contribution in [0.5, 0.6) is 0 Å². The fourth-order valence-corrected chi connectivity index (χ4v) is 24.8. The first-order valence-corrected chi connectivity index (χ1v) is 18.8. The molecule has 1 atom stereocenters. The van der Waals surface area contributed by atoms with Gasteiger partial charge in [0.1, 0.15) is 16.5 Å². The molecule has 0 saturated carbocycles. The maximum Gasteiger partial charge on any atom is 0.202 e. The zero-order valence-electron chi connectivity index (χ0n) is 18.6. The average Bonchev–Trinajstić information content (AvgIpc) is 2.58. The largest absolute Gasteiger partial charge is 0.416 e. The first kappa shape index (κ1) is 24.6. The summed E-state index contributed by atoms with van der Waals surface area (Å²) < 4.78 is 9.74. The molecule has 0 rings (SSSR count). The normalized spacial score (nSPS) is 15.1. The summed E-state index contributed by atoms with van der Waals surface area (Å²) in [6.45, 7) is 25.3. The van der Waals surface area contributed by atoms with Gasteiger partial charge in [0.25, 0.3) is 0 Å². The van der Waals surface area contributed by atoms with Gasteiger partial charge in [-0.25, -0.2) is 0 Å². The van der Waals surface area contributed by atoms with Gasteiger partial charge < -0.3 is 8.66 Å². The molecule has 0 spiro atoms. The van der Waals surface area contributed by atoms with E-state index in [4.69, 9.17) is 4.43 Å². The minimum atomic E-state index is -1.72. The Morgan fingerprint density at radius 2 is 1.00 bits per heavy atom. The molecular weight excluding hydrogens is 342 g/mol. The van der Waals surface area contributed by atoms with Crippen LogP contribution >= 0.6 is 0 Å². The summed E-state index contributed by atoms with van der Waals surface area (Å²) in [7, 11) is -4.55. The lowest BCUT2D eigenvalue weighted by Crippen LogP contribution is -2.74. The first-order chi connectivity index (χ1) is 11.2. The van der Waals surface area contributed by atoms with Crippen LogP contribution in [0, 0.1) is 0 Å². The van der Waals surface area contributed by atoms with E-state index >= 15 is 0 Å². The highest BCUT2D eigenvalue weighted by Crippen LogP contribution is 2.40. The Morgan fingerprint density at radius 3 is 1.21 bits per heavy atom. The van der Waals surface area contributed by atoms with Crippen molar-refractivity contribution in [3.05, 3.63) is 0 Å². The van der Waals surface area contributed by atoms with E-state index in [1.54, 1.807) is 0 Å². The molecule has 0 aliphatic rings. The molecule has 1 unspecified atom stereocenters. The van der Waals surface area contributed by atoms with E-state index in [-0.39, 0.29) is 0 Å². The lowest BCUT2D eigenvalue weighted by Gasteiger charge is -2.58. The maximum absolute atomic E-state index is 6.46. The molecule has 0 fully saturated rings. The molecule has 146 valence electrons. The summed E-state index contributed by atoms with van der Waals surface area (Å²) in [6, 6.07) is 8.43. The second kappa shape index (κ2) is 10.7. The molecule has 0 aliphatic heterocycles. The van der Waals surface area contributed by atoms with Crippen molar-refractivity contribution in [2.75, 3.05) is 6.61 Å². The van der Waals surface area contributed by atoms with Crippen LogP contribution in [0.25, 0.3) is 0 Å². The van der Waals surface area contributed by atoms with E-state index in [2.05, 4.69) is 72.7 Å². The van der Waals surface area contributed by atoms with Crippen LogP contribution in [0.1, 0.15) is 61.8 Å². The van der Waals surface area contributed by atoms with Gasteiger partial charge >= 0.3 is 0 Å². The first-order valence-electron chi connectivity index (χ1n) is 10.7. The van der Waals surface area contributed by atoms with Gasteiger partial charge in [-0.1, -0.05) is 48.5 Å². The summed E-state index contributed by atoms with van der Waals surface area (Å²) in [5.74, 6) is 0. The standard InChI is InChI=1S/C19H47NOSi3/c1-11-19(22(9,10)21-12-2)20(23(13-3,14-4)15-5)24(16-6,17-7)18-8/h19H,11-18H2,1-10H3. The second-order valence-corrected chi connectivity index (χ2v) is 22.6. The lowest BCUT2D eigenvalue weighted by molar-refractivity contribution is 0.300. The number of hydrogen-bond donors (Lipinski definition) is 0. The third kappa shape index (κ3) is 4.84. The highest BCUT2D eigenvalue weighted by atomic mass is 28.4. The molecule has 0 aliphatic carbocycles. The number of hydrogen-bond acceptors (Lipinski definition) is 2. The molecule has 0 aromatic heterocycles. The molecule has 0 saturated heterocycles. The van der Waals surface area contributed by atoms with Crippen molar-refractivity contribution < 1.29 is 4.43 Å². The van der Waals surface area contributed by atoms with Crippen LogP contribution < -0.4 is 0 Å². The molecule has 24 heavy (non-hydrogen) atoms. The van der Waals surface area contributed by atoms with Crippen LogP contribution in [-0.2, 0) is 4.43 Å². The fraction of sp³-hybridized carbons (Fsp3) is 1.00. The molecule has 0 heterocycles. The van der Waals surface area contributed by atoms with Crippen LogP contribution in [0.2, 0.25) is 49.4 Å². The molecular formula is C19H47NOSi3. The van der Waals surface area contributed by atoms with E-state index in [0.717, 1.165) is 6.61 Å². The smallest absolute Gasteiger partial charge is 0.202 e. The van der Waals surface area contributed by atoms with Crippen molar-refractivity contribution >= 4 is 24.8 Å². The van der Waals surface area contributed by atoms with Gasteiger partial charge in [0.05, 0.1) is 0 Å². The SMILES string of the molecule is CCO[Si](C)(C)C(CC)N([Si](CC)(CC)CC)[Si](CC)(CC)CC. The quantitative estimate of drug-likeness (QED) is 0.319. The Bertz CT molecular complexity index is 305. The van der Waals surface area contributed by atoms with Crippen LogP contribution in [0.4, 0.5) is 0 Å². The molecule has 0 radical (unpaired) electrons. The van der Waals surface area contributed by atoms with Gasteiger partial charge in [-0.15, -0.1) is 0 Å². The summed E-state index contributed by atoms with van der Waals surface area (Å²) in [5.41, 5.74) is 0.704. The second-order valence-electron chi connectivity index (χ2n) is 7.90. The van der Waals surface area contributed by atoms with Crippen molar-refractivity contribution in [1.29, 1.82) is 0 Å². The Labute approximate surface area is 157 Å². The lowest BCUT2D eigenvalue weighted by atomic mass is 10.5. The number of nitrogens with zero attached hydrogens (tertiary/aromatic N) is 1. The zero-order valence-corrected chi connectivity index (χ0v) is 21.6. The van der Waals surface area contributed by atoms with Gasteiger partial charge in [0.15, 0.2) is 0 Å². The monoisotopic (exact) mass is 389 g/mol.